The maximum atomic E-state index is 13.5. The van der Waals surface area contributed by atoms with Gasteiger partial charge in [0.15, 0.2) is 11.0 Å². The molecule has 0 fully saturated rings. The zero-order valence-electron chi connectivity index (χ0n) is 33.0. The lowest BCUT2D eigenvalue weighted by Gasteiger charge is -2.19. The Hall–Kier alpha value is -5.43. The zero-order valence-corrected chi connectivity index (χ0v) is 33.8. The Morgan fingerprint density at radius 3 is 2.12 bits per heavy atom. The molecule has 0 radical (unpaired) electrons. The molecule has 2 heterocycles. The van der Waals surface area contributed by atoms with Crippen LogP contribution in [0, 0.1) is 5.82 Å². The minimum atomic E-state index is -4.38. The van der Waals surface area contributed by atoms with E-state index in [0.717, 1.165) is 97.0 Å². The van der Waals surface area contributed by atoms with Gasteiger partial charge in [-0.1, -0.05) is 74.1 Å². The van der Waals surface area contributed by atoms with Gasteiger partial charge in [0.25, 0.3) is 12.0 Å². The highest BCUT2D eigenvalue weighted by Crippen LogP contribution is 2.32. The van der Waals surface area contributed by atoms with E-state index >= 15 is 0 Å². The maximum Gasteiger partial charge on any atom is 0.416 e. The first-order valence-corrected chi connectivity index (χ1v) is 20.3. The summed E-state index contributed by atoms with van der Waals surface area (Å²) in [6.45, 7) is 7.93. The van der Waals surface area contributed by atoms with Crippen molar-refractivity contribution in [1.82, 2.24) is 29.2 Å². The highest BCUT2D eigenvalue weighted by atomic mass is 32.2. The maximum absolute atomic E-state index is 13.5. The van der Waals surface area contributed by atoms with Gasteiger partial charge in [0.2, 0.25) is 12.4 Å². The number of fused-ring (bicyclic) bond motifs is 1. The molecule has 0 aliphatic heterocycles. The average molecular weight is 855 g/mol. The smallest absolute Gasteiger partial charge is 0.416 e. The molecule has 0 spiro atoms. The van der Waals surface area contributed by atoms with Gasteiger partial charge in [-0.15, -0.1) is 10.2 Å². The number of nitrogens with zero attached hydrogens (tertiary/aromatic N) is 6. The second kappa shape index (κ2) is 21.2. The lowest BCUT2D eigenvalue weighted by molar-refractivity contribution is -0.185. The molecule has 60 heavy (non-hydrogen) atoms. The van der Waals surface area contributed by atoms with Crippen LogP contribution >= 0.6 is 11.8 Å². The molecule has 13 nitrogen and oxygen atoms in total. The summed E-state index contributed by atoms with van der Waals surface area (Å²) in [5, 5.41) is 34.7. The molecule has 0 bridgehead atoms. The molecule has 1 aliphatic carbocycles. The van der Waals surface area contributed by atoms with Crippen LogP contribution in [0.1, 0.15) is 66.3 Å². The first-order chi connectivity index (χ1) is 28.7. The van der Waals surface area contributed by atoms with Crippen LogP contribution in [0.5, 0.6) is 0 Å². The zero-order chi connectivity index (χ0) is 43.4. The van der Waals surface area contributed by atoms with Crippen LogP contribution in [0.3, 0.4) is 0 Å². The molecule has 3 aromatic carbocycles. The molecule has 0 saturated carbocycles. The van der Waals surface area contributed by atoms with Gasteiger partial charge in [-0.3, -0.25) is 9.59 Å². The molecule has 5 aromatic rings. The summed E-state index contributed by atoms with van der Waals surface area (Å²) in [6, 6.07) is 19.3. The lowest BCUT2D eigenvalue weighted by Crippen LogP contribution is -2.35. The van der Waals surface area contributed by atoms with E-state index < -0.39 is 30.1 Å². The van der Waals surface area contributed by atoms with E-state index in [4.69, 9.17) is 15.3 Å². The van der Waals surface area contributed by atoms with E-state index in [0.29, 0.717) is 36.0 Å². The van der Waals surface area contributed by atoms with Crippen LogP contribution in [-0.2, 0) is 58.6 Å². The quantitative estimate of drug-likeness (QED) is 0.0322. The molecule has 2 unspecified atom stereocenters. The average Bonchev–Trinajstić information content (AvgIpc) is 3.88. The van der Waals surface area contributed by atoms with E-state index in [2.05, 4.69) is 47.8 Å². The van der Waals surface area contributed by atoms with Crippen LogP contribution in [-0.4, -0.2) is 89.0 Å². The summed E-state index contributed by atoms with van der Waals surface area (Å²) in [5.74, 6) is 0.185. The minimum Gasteiger partial charge on any atom is -0.479 e. The number of carboxylic acids is 1. The number of thioether (sulfide) groups is 1. The lowest BCUT2D eigenvalue weighted by atomic mass is 10.0. The highest BCUT2D eigenvalue weighted by molar-refractivity contribution is 7.98. The number of benzene rings is 3. The van der Waals surface area contributed by atoms with E-state index in [1.165, 1.54) is 36.0 Å². The molecule has 0 saturated heterocycles. The molecule has 3 N–H and O–H groups in total. The Morgan fingerprint density at radius 2 is 1.52 bits per heavy atom. The highest BCUT2D eigenvalue weighted by Gasteiger charge is 2.30. The summed E-state index contributed by atoms with van der Waals surface area (Å²) in [5.41, 5.74) is 4.32. The van der Waals surface area contributed by atoms with Crippen molar-refractivity contribution >= 4 is 24.2 Å². The van der Waals surface area contributed by atoms with Crippen LogP contribution < -0.4 is 5.56 Å². The fourth-order valence-corrected chi connectivity index (χ4v) is 7.64. The second-order valence-electron chi connectivity index (χ2n) is 13.9. The topological polar surface area (TPSA) is 173 Å². The molecule has 1 aliphatic rings. The van der Waals surface area contributed by atoms with Crippen molar-refractivity contribution in [2.24, 2.45) is 0 Å². The second-order valence-corrected chi connectivity index (χ2v) is 14.8. The van der Waals surface area contributed by atoms with Gasteiger partial charge in [0, 0.05) is 23.4 Å². The number of carbonyl (C=O) groups excluding carboxylic acids is 1. The van der Waals surface area contributed by atoms with Crippen molar-refractivity contribution in [3.05, 3.63) is 129 Å². The third kappa shape index (κ3) is 12.1. The van der Waals surface area contributed by atoms with Gasteiger partial charge in [0.1, 0.15) is 11.6 Å². The summed E-state index contributed by atoms with van der Waals surface area (Å²) < 4.78 is 60.8. The van der Waals surface area contributed by atoms with Gasteiger partial charge in [-0.25, -0.2) is 9.18 Å². The summed E-state index contributed by atoms with van der Waals surface area (Å²) in [4.78, 5) is 39.2. The van der Waals surface area contributed by atoms with Crippen molar-refractivity contribution in [1.29, 1.82) is 0 Å². The fourth-order valence-electron chi connectivity index (χ4n) is 6.68. The summed E-state index contributed by atoms with van der Waals surface area (Å²) >= 11 is 1.45. The number of halogens is 4. The van der Waals surface area contributed by atoms with Crippen molar-refractivity contribution in [3.63, 3.8) is 0 Å². The van der Waals surface area contributed by atoms with Crippen molar-refractivity contribution < 1.29 is 47.2 Å². The number of ether oxygens (including phenoxy) is 1. The van der Waals surface area contributed by atoms with Crippen LogP contribution in [0.4, 0.5) is 17.6 Å². The van der Waals surface area contributed by atoms with Crippen LogP contribution in [0.15, 0.2) is 82.7 Å². The number of aliphatic hydroxyl groups excluding tert-OH is 2. The summed E-state index contributed by atoms with van der Waals surface area (Å²) in [6.07, 6.45) is -4.48. The summed E-state index contributed by atoms with van der Waals surface area (Å²) in [7, 11) is 0. The molecule has 320 valence electrons. The fraction of sp³-hybridized carbons (Fsp3) is 0.381. The Balaban J connectivity index is 0.000000606. The third-order valence-corrected chi connectivity index (χ3v) is 11.1. The Bertz CT molecular complexity index is 2250. The Morgan fingerprint density at radius 1 is 0.900 bits per heavy atom. The van der Waals surface area contributed by atoms with Crippen molar-refractivity contribution in [3.8, 4) is 11.1 Å². The third-order valence-electron chi connectivity index (χ3n) is 10.0. The SMILES string of the molecule is CCN(CC)CCCc1nnc(Cn2c(SCc3ccc(F)cc3)nc(=O)c3c2CCC3)n1Cc1ccc(-c2ccc(C(F)(F)F)cc2)cc1.O=COC(O)C(O)C(=O)O. The standard InChI is InChI=1S/C38H40F4N6OS.C4H6O6/c1-3-46(4-2)22-6-9-34-44-45-35(48(34)23-26-10-14-28(15-11-26)29-16-18-30(19-17-29)38(40,41)42)24-47-33-8-5-7-32(33)36(49)43-37(47)50-25-27-12-20-31(39)21-13-27;5-1-10-4(9)2(6)3(7)8/h10-21H,3-9,22-25H2,1-2H3;1-2,4,6,9H,(H,7,8). The number of aliphatic carboxylic acids is 1. The Kier molecular flexibility index (Phi) is 16.1. The number of hydrogen-bond donors (Lipinski definition) is 3. The van der Waals surface area contributed by atoms with Gasteiger partial charge in [-0.2, -0.15) is 18.2 Å². The number of hydrogen-bond acceptors (Lipinski definition) is 11. The Labute approximate surface area is 347 Å². The molecule has 6 rings (SSSR count). The molecular formula is C42H46F4N6O7S. The molecule has 18 heteroatoms. The van der Waals surface area contributed by atoms with E-state index in [1.807, 2.05) is 24.3 Å². The van der Waals surface area contributed by atoms with Gasteiger partial charge >= 0.3 is 12.1 Å². The number of carbonyl (C=O) groups is 2. The van der Waals surface area contributed by atoms with Crippen molar-refractivity contribution in [2.45, 2.75) is 88.5 Å². The number of aromatic nitrogens is 5. The van der Waals surface area contributed by atoms with Gasteiger partial charge < -0.3 is 34.1 Å². The first kappa shape index (κ1) is 45.7. The van der Waals surface area contributed by atoms with Crippen LogP contribution in [0.2, 0.25) is 0 Å². The normalized spacial score (nSPS) is 13.3. The largest absolute Gasteiger partial charge is 0.479 e. The number of carboxylic acid groups (broad SMARTS) is 1. The predicted molar refractivity (Wildman–Crippen MR) is 214 cm³/mol. The van der Waals surface area contributed by atoms with Gasteiger partial charge in [0.05, 0.1) is 18.7 Å². The monoisotopic (exact) mass is 854 g/mol. The number of aliphatic hydroxyl groups is 2. The van der Waals surface area contributed by atoms with Gasteiger partial charge in [-0.05, 0) is 91.8 Å². The number of rotatable bonds is 18. The predicted octanol–water partition coefficient (Wildman–Crippen LogP) is 5.74. The van der Waals surface area contributed by atoms with Crippen molar-refractivity contribution in [2.75, 3.05) is 19.6 Å². The van der Waals surface area contributed by atoms with E-state index in [9.17, 15) is 31.9 Å². The van der Waals surface area contributed by atoms with Crippen LogP contribution in [0.25, 0.3) is 11.1 Å². The number of alkyl halides is 3. The molecular weight excluding hydrogens is 809 g/mol. The minimum absolute atomic E-state index is 0.156. The molecule has 2 atom stereocenters. The first-order valence-electron chi connectivity index (χ1n) is 19.3. The molecule has 2 aromatic heterocycles. The van der Waals surface area contributed by atoms with E-state index in [-0.39, 0.29) is 17.8 Å². The number of aryl methyl sites for hydroxylation is 1. The molecule has 0 amide bonds. The van der Waals surface area contributed by atoms with E-state index in [1.54, 1.807) is 12.1 Å².